The number of piperidine rings is 1. The minimum absolute atomic E-state index is 0.000328. The van der Waals surface area contributed by atoms with Gasteiger partial charge in [0, 0.05) is 66.0 Å². The predicted molar refractivity (Wildman–Crippen MR) is 219 cm³/mol. The minimum Gasteiger partial charge on any atom is -0.398 e. The van der Waals surface area contributed by atoms with Gasteiger partial charge in [-0.1, -0.05) is 25.7 Å². The van der Waals surface area contributed by atoms with Crippen LogP contribution >= 0.6 is 0 Å². The number of nitro benzene ring substituents is 2. The second kappa shape index (κ2) is 12.5. The maximum atomic E-state index is 12.1. The van der Waals surface area contributed by atoms with Crippen LogP contribution in [0.15, 0.2) is 30.3 Å². The molecule has 0 radical (unpaired) electrons. The summed E-state index contributed by atoms with van der Waals surface area (Å²) in [5, 5.41) is 26.8. The van der Waals surface area contributed by atoms with E-state index in [1.807, 2.05) is 0 Å². The Morgan fingerprint density at radius 2 is 1.04 bits per heavy atom. The number of rotatable bonds is 4. The number of hydrogen-bond donors (Lipinski definition) is 2. The molecule has 1 aliphatic heterocycles. The van der Waals surface area contributed by atoms with E-state index in [0.717, 1.165) is 107 Å². The molecule has 9 aliphatic rings. The summed E-state index contributed by atoms with van der Waals surface area (Å²) in [5.74, 6) is 15.2. The second-order valence-corrected chi connectivity index (χ2v) is 20.9. The summed E-state index contributed by atoms with van der Waals surface area (Å²) in [6.07, 6.45) is 20.8. The molecule has 10 unspecified atom stereocenters. The van der Waals surface area contributed by atoms with Gasteiger partial charge in [-0.25, -0.2) is 0 Å². The zero-order valence-corrected chi connectivity index (χ0v) is 32.8. The largest absolute Gasteiger partial charge is 0.398 e. The van der Waals surface area contributed by atoms with Crippen molar-refractivity contribution in [3.63, 3.8) is 0 Å². The molecule has 0 amide bonds. The molecular formula is C47H59N5O4. The quantitative estimate of drug-likeness (QED) is 0.117. The van der Waals surface area contributed by atoms with E-state index in [-0.39, 0.29) is 22.0 Å². The van der Waals surface area contributed by atoms with Crippen molar-refractivity contribution in [2.75, 3.05) is 24.6 Å². The first kappa shape index (κ1) is 34.6. The van der Waals surface area contributed by atoms with Crippen molar-refractivity contribution in [3.05, 3.63) is 56.1 Å². The zero-order valence-electron chi connectivity index (χ0n) is 32.8. The van der Waals surface area contributed by atoms with Gasteiger partial charge in [-0.05, 0) is 181 Å². The predicted octanol–water partition coefficient (Wildman–Crippen LogP) is 10.2. The Hall–Kier alpha value is -3.46. The molecule has 0 bridgehead atoms. The summed E-state index contributed by atoms with van der Waals surface area (Å²) in [4.78, 5) is 25.9. The van der Waals surface area contributed by atoms with E-state index in [4.69, 9.17) is 11.5 Å². The molecule has 9 heteroatoms. The van der Waals surface area contributed by atoms with Crippen LogP contribution in [0.3, 0.4) is 0 Å². The molecule has 12 rings (SSSR count). The zero-order chi connectivity index (χ0) is 37.7. The summed E-state index contributed by atoms with van der Waals surface area (Å²) in [7, 11) is 0. The van der Waals surface area contributed by atoms with Gasteiger partial charge < -0.3 is 11.5 Å². The highest BCUT2D eigenvalue weighted by molar-refractivity contribution is 6.17. The van der Waals surface area contributed by atoms with E-state index in [1.54, 1.807) is 43.9 Å². The third-order valence-corrected chi connectivity index (χ3v) is 19.5. The van der Waals surface area contributed by atoms with Gasteiger partial charge in [-0.15, -0.1) is 0 Å². The number of benzene rings is 3. The smallest absolute Gasteiger partial charge is 0.272 e. The Kier molecular flexibility index (Phi) is 7.73. The lowest BCUT2D eigenvalue weighted by molar-refractivity contribution is -0.384. The average molecular weight is 758 g/mol. The van der Waals surface area contributed by atoms with Gasteiger partial charge in [-0.3, -0.25) is 25.1 Å². The van der Waals surface area contributed by atoms with Gasteiger partial charge in [0.2, 0.25) is 0 Å². The molecule has 56 heavy (non-hydrogen) atoms. The van der Waals surface area contributed by atoms with Crippen molar-refractivity contribution in [3.8, 4) is 0 Å². The van der Waals surface area contributed by atoms with E-state index in [9.17, 15) is 20.2 Å². The van der Waals surface area contributed by atoms with E-state index in [0.29, 0.717) is 40.2 Å². The fourth-order valence-electron chi connectivity index (χ4n) is 18.3. The van der Waals surface area contributed by atoms with Crippen molar-refractivity contribution in [1.82, 2.24) is 4.90 Å². The minimum atomic E-state index is -0.407. The lowest BCUT2D eigenvalue weighted by Crippen LogP contribution is -2.66. The topological polar surface area (TPSA) is 142 Å². The normalized spacial score (nSPS) is 43.4. The van der Waals surface area contributed by atoms with Crippen LogP contribution < -0.4 is 11.5 Å². The molecule has 9 nitrogen and oxygen atoms in total. The first-order valence-electron chi connectivity index (χ1n) is 22.8. The molecule has 3 aromatic carbocycles. The highest BCUT2D eigenvalue weighted by atomic mass is 16.6. The van der Waals surface area contributed by atoms with Gasteiger partial charge >= 0.3 is 0 Å². The third kappa shape index (κ3) is 4.75. The molecule has 1 heterocycles. The van der Waals surface area contributed by atoms with Crippen molar-refractivity contribution in [2.45, 2.75) is 96.4 Å². The van der Waals surface area contributed by atoms with Crippen LogP contribution in [0.2, 0.25) is 0 Å². The molecule has 0 spiro atoms. The Labute approximate surface area is 330 Å². The van der Waals surface area contributed by atoms with Gasteiger partial charge in [0.1, 0.15) is 0 Å². The number of nitrogen functional groups attached to an aromatic ring is 2. The van der Waals surface area contributed by atoms with Crippen molar-refractivity contribution >= 4 is 44.3 Å². The number of anilines is 2. The van der Waals surface area contributed by atoms with Crippen molar-refractivity contribution in [2.24, 2.45) is 94.7 Å². The highest BCUT2D eigenvalue weighted by Gasteiger charge is 2.66. The summed E-state index contributed by atoms with van der Waals surface area (Å²) < 4.78 is 0. The number of nitro groups is 2. The Morgan fingerprint density at radius 1 is 0.536 bits per heavy atom. The Bertz CT molecular complexity index is 2100. The monoisotopic (exact) mass is 757 g/mol. The van der Waals surface area contributed by atoms with Crippen molar-refractivity contribution in [1.29, 1.82) is 0 Å². The van der Waals surface area contributed by atoms with Crippen LogP contribution in [-0.2, 0) is 6.54 Å². The van der Waals surface area contributed by atoms with Crippen LogP contribution in [0.25, 0.3) is 21.5 Å². The van der Waals surface area contributed by atoms with Crippen LogP contribution in [0, 0.1) is 115 Å². The fourth-order valence-corrected chi connectivity index (χ4v) is 18.3. The molecule has 10 atom stereocenters. The van der Waals surface area contributed by atoms with E-state index in [2.05, 4.69) is 4.90 Å². The Balaban J connectivity index is 0.867. The second-order valence-electron chi connectivity index (χ2n) is 20.9. The lowest BCUT2D eigenvalue weighted by Gasteiger charge is -2.71. The molecule has 4 N–H and O–H groups in total. The average Bonchev–Trinajstić information content (AvgIpc) is 3.21. The van der Waals surface area contributed by atoms with Gasteiger partial charge in [0.25, 0.3) is 11.4 Å². The number of nitrogens with two attached hydrogens (primary N) is 2. The molecule has 3 aromatic rings. The number of hydrogen-bond acceptors (Lipinski definition) is 7. The molecule has 9 fully saturated rings. The highest BCUT2D eigenvalue weighted by Crippen LogP contribution is 2.73. The van der Waals surface area contributed by atoms with Gasteiger partial charge in [-0.2, -0.15) is 0 Å². The van der Waals surface area contributed by atoms with Crippen LogP contribution in [0.5, 0.6) is 0 Å². The van der Waals surface area contributed by atoms with E-state index in [1.165, 1.54) is 76.3 Å². The maximum absolute atomic E-state index is 12.1. The fraction of sp³-hybridized carbons (Fsp3) is 0.702. The van der Waals surface area contributed by atoms with Gasteiger partial charge in [0.05, 0.1) is 9.85 Å². The first-order valence-corrected chi connectivity index (χ1v) is 22.8. The molecule has 8 aliphatic carbocycles. The number of nitrogens with zero attached hydrogens (tertiary/aromatic N) is 3. The molecular weight excluding hydrogens is 699 g/mol. The molecule has 8 saturated carbocycles. The molecule has 1 saturated heterocycles. The summed E-state index contributed by atoms with van der Waals surface area (Å²) in [6, 6.07) is 7.83. The van der Waals surface area contributed by atoms with Gasteiger partial charge in [0.15, 0.2) is 0 Å². The van der Waals surface area contributed by atoms with Crippen LogP contribution in [-0.4, -0.2) is 27.8 Å². The number of non-ortho nitro benzene ring substituents is 2. The maximum Gasteiger partial charge on any atom is 0.272 e. The Morgan fingerprint density at radius 3 is 1.59 bits per heavy atom. The SMILES string of the molecule is Nc1cc([N+](=O)[O-])cc2c(CN3CC4CCC5C6CCC7C8CCCC9CCCC(C%10CCC(C%11CCC(C3)C4C5%11)C6C7%10)C98)c3cc([N+](=O)[O-])ccc3c(N)c12. The summed E-state index contributed by atoms with van der Waals surface area (Å²) >= 11 is 0. The number of fused-ring (bicyclic) bond motifs is 6. The van der Waals surface area contributed by atoms with Crippen LogP contribution in [0.1, 0.15) is 95.5 Å². The molecule has 296 valence electrons. The summed E-state index contributed by atoms with van der Waals surface area (Å²) in [6.45, 7) is 2.64. The number of likely N-dealkylation sites (tertiary alicyclic amines) is 1. The first-order chi connectivity index (χ1) is 27.2. The summed E-state index contributed by atoms with van der Waals surface area (Å²) in [5.41, 5.74) is 14.7. The standard InChI is InChI=1S/C47H59N5O4/c48-40-19-27(52(55)56)18-38-39(37-17-26(51(53)54)9-12-36(37)47(49)46(38)40)22-50-20-24-7-10-30-34-15-13-32-28-5-1-3-23-4-2-6-29(42(23)28)33-14-16-35(45(34)44(32)33)31-11-8-25(21-50)41(24)43(30)31/h9,12,17-19,23-25,28-35,41-45H,1-8,10-11,13-16,20-22,48-49H2. The van der Waals surface area contributed by atoms with E-state index >= 15 is 0 Å². The van der Waals surface area contributed by atoms with Crippen molar-refractivity contribution < 1.29 is 9.85 Å². The third-order valence-electron chi connectivity index (χ3n) is 19.5. The van der Waals surface area contributed by atoms with Crippen LogP contribution in [0.4, 0.5) is 22.7 Å². The lowest BCUT2D eigenvalue weighted by atomic mass is 9.34. The van der Waals surface area contributed by atoms with E-state index < -0.39 is 4.92 Å². The molecule has 0 aromatic heterocycles.